The van der Waals surface area contributed by atoms with E-state index in [1.807, 2.05) is 18.2 Å². The molecule has 0 spiro atoms. The standard InChI is InChI=1S/C14H16N2O5S/c1-21-14(20)9(7-17)15-12(18)6-11-13(19)16-8-4-2-3-5-10(8)22-11/h2-5,9,11,17H,6-7H2,1H3,(H,15,18)(H,16,19)/t9-,11-/m1/s1. The summed E-state index contributed by atoms with van der Waals surface area (Å²) in [7, 11) is 1.17. The minimum Gasteiger partial charge on any atom is -0.467 e. The Morgan fingerprint density at radius 1 is 1.45 bits per heavy atom. The smallest absolute Gasteiger partial charge is 0.330 e. The molecule has 1 aliphatic heterocycles. The Morgan fingerprint density at radius 3 is 2.86 bits per heavy atom. The van der Waals surface area contributed by atoms with Crippen molar-refractivity contribution in [1.29, 1.82) is 0 Å². The Kier molecular flexibility index (Phi) is 5.40. The highest BCUT2D eigenvalue weighted by Gasteiger charge is 2.30. The van der Waals surface area contributed by atoms with Crippen LogP contribution < -0.4 is 10.6 Å². The van der Waals surface area contributed by atoms with Crippen molar-refractivity contribution in [3.05, 3.63) is 24.3 Å². The zero-order valence-corrected chi connectivity index (χ0v) is 12.7. The zero-order valence-electron chi connectivity index (χ0n) is 11.9. The van der Waals surface area contributed by atoms with E-state index < -0.39 is 29.8 Å². The second-order valence-electron chi connectivity index (χ2n) is 4.62. The number of nitrogens with one attached hydrogen (secondary N) is 2. The van der Waals surface area contributed by atoms with E-state index in [0.717, 1.165) is 10.6 Å². The lowest BCUT2D eigenvalue weighted by Gasteiger charge is -2.24. The van der Waals surface area contributed by atoms with Gasteiger partial charge >= 0.3 is 5.97 Å². The molecular formula is C14H16N2O5S. The molecule has 2 amide bonds. The monoisotopic (exact) mass is 324 g/mol. The second kappa shape index (κ2) is 7.28. The van der Waals surface area contributed by atoms with Crippen LogP contribution in [0.1, 0.15) is 6.42 Å². The van der Waals surface area contributed by atoms with Crippen LogP contribution >= 0.6 is 11.8 Å². The molecule has 0 aromatic heterocycles. The molecule has 7 nitrogen and oxygen atoms in total. The van der Waals surface area contributed by atoms with Gasteiger partial charge in [0.1, 0.15) is 0 Å². The average molecular weight is 324 g/mol. The number of aliphatic hydroxyl groups is 1. The third-order valence-corrected chi connectivity index (χ3v) is 4.36. The number of ether oxygens (including phenoxy) is 1. The summed E-state index contributed by atoms with van der Waals surface area (Å²) in [6, 6.07) is 6.18. The second-order valence-corrected chi connectivity index (χ2v) is 5.87. The lowest BCUT2D eigenvalue weighted by Crippen LogP contribution is -2.45. The van der Waals surface area contributed by atoms with Gasteiger partial charge in [-0.1, -0.05) is 12.1 Å². The molecule has 0 bridgehead atoms. The van der Waals surface area contributed by atoms with Crippen molar-refractivity contribution in [3.63, 3.8) is 0 Å². The molecule has 8 heteroatoms. The first kappa shape index (κ1) is 16.3. The largest absolute Gasteiger partial charge is 0.467 e. The fourth-order valence-corrected chi connectivity index (χ4v) is 3.08. The number of methoxy groups -OCH3 is 1. The minimum absolute atomic E-state index is 0.0989. The first-order valence-corrected chi connectivity index (χ1v) is 7.47. The van der Waals surface area contributed by atoms with Crippen molar-refractivity contribution >= 4 is 35.2 Å². The number of aliphatic hydroxyl groups excluding tert-OH is 1. The summed E-state index contributed by atoms with van der Waals surface area (Å²) >= 11 is 1.29. The average Bonchev–Trinajstić information content (AvgIpc) is 2.52. The molecule has 0 fully saturated rings. The van der Waals surface area contributed by atoms with Gasteiger partial charge in [0.15, 0.2) is 6.04 Å². The molecule has 0 aliphatic carbocycles. The summed E-state index contributed by atoms with van der Waals surface area (Å²) in [5.74, 6) is -1.50. The van der Waals surface area contributed by atoms with Gasteiger partial charge in [-0.2, -0.15) is 0 Å². The highest BCUT2D eigenvalue weighted by Crippen LogP contribution is 2.36. The van der Waals surface area contributed by atoms with Crippen molar-refractivity contribution < 1.29 is 24.2 Å². The van der Waals surface area contributed by atoms with E-state index in [-0.39, 0.29) is 12.3 Å². The number of benzene rings is 1. The Hall–Kier alpha value is -2.06. The van der Waals surface area contributed by atoms with Crippen LogP contribution in [0.15, 0.2) is 29.2 Å². The minimum atomic E-state index is -1.12. The molecule has 0 radical (unpaired) electrons. The molecule has 2 rings (SSSR count). The normalized spacial score (nSPS) is 17.9. The summed E-state index contributed by atoms with van der Waals surface area (Å²) in [5, 5.41) is 13.6. The number of thioether (sulfide) groups is 1. The number of carbonyl (C=O) groups is 3. The van der Waals surface area contributed by atoms with Crippen LogP contribution in [0.5, 0.6) is 0 Å². The Balaban J connectivity index is 1.97. The van der Waals surface area contributed by atoms with Crippen molar-refractivity contribution in [2.75, 3.05) is 19.0 Å². The topological polar surface area (TPSA) is 105 Å². The van der Waals surface area contributed by atoms with Gasteiger partial charge in [-0.05, 0) is 12.1 Å². The predicted molar refractivity (Wildman–Crippen MR) is 80.4 cm³/mol. The van der Waals surface area contributed by atoms with Gasteiger partial charge in [-0.25, -0.2) is 4.79 Å². The summed E-state index contributed by atoms with van der Waals surface area (Å²) in [6.45, 7) is -0.564. The first-order chi connectivity index (χ1) is 10.5. The van der Waals surface area contributed by atoms with E-state index in [4.69, 9.17) is 5.11 Å². The molecule has 1 aromatic rings. The van der Waals surface area contributed by atoms with Crippen molar-refractivity contribution in [2.45, 2.75) is 22.6 Å². The zero-order chi connectivity index (χ0) is 16.1. The molecule has 118 valence electrons. The molecule has 1 aromatic carbocycles. The van der Waals surface area contributed by atoms with Crippen LogP contribution in [0.4, 0.5) is 5.69 Å². The van der Waals surface area contributed by atoms with Crippen LogP contribution in [0, 0.1) is 0 Å². The van der Waals surface area contributed by atoms with E-state index in [2.05, 4.69) is 15.4 Å². The summed E-state index contributed by atoms with van der Waals surface area (Å²) in [5.41, 5.74) is 0.719. The van der Waals surface area contributed by atoms with Crippen LogP contribution in [0.25, 0.3) is 0 Å². The van der Waals surface area contributed by atoms with Gasteiger partial charge < -0.3 is 20.5 Å². The van der Waals surface area contributed by atoms with Gasteiger partial charge in [0, 0.05) is 11.3 Å². The third kappa shape index (κ3) is 3.77. The van der Waals surface area contributed by atoms with Gasteiger partial charge in [-0.3, -0.25) is 9.59 Å². The molecule has 0 saturated heterocycles. The molecule has 1 heterocycles. The number of para-hydroxylation sites is 1. The van der Waals surface area contributed by atoms with E-state index >= 15 is 0 Å². The summed E-state index contributed by atoms with van der Waals surface area (Å²) in [6.07, 6.45) is -0.0989. The van der Waals surface area contributed by atoms with Gasteiger partial charge in [0.05, 0.1) is 24.7 Å². The van der Waals surface area contributed by atoms with Crippen molar-refractivity contribution in [2.24, 2.45) is 0 Å². The molecule has 3 N–H and O–H groups in total. The van der Waals surface area contributed by atoms with Crippen LogP contribution in [0.3, 0.4) is 0 Å². The number of fused-ring (bicyclic) bond motifs is 1. The van der Waals surface area contributed by atoms with Crippen LogP contribution in [-0.2, 0) is 19.1 Å². The van der Waals surface area contributed by atoms with E-state index in [1.165, 1.54) is 18.9 Å². The Morgan fingerprint density at radius 2 is 2.18 bits per heavy atom. The molecule has 22 heavy (non-hydrogen) atoms. The quantitative estimate of drug-likeness (QED) is 0.666. The Bertz CT molecular complexity index is 592. The van der Waals surface area contributed by atoms with E-state index in [0.29, 0.717) is 0 Å². The number of anilines is 1. The predicted octanol–water partition coefficient (Wildman–Crippen LogP) is 0.140. The summed E-state index contributed by atoms with van der Waals surface area (Å²) < 4.78 is 4.46. The fourth-order valence-electron chi connectivity index (χ4n) is 1.97. The summed E-state index contributed by atoms with van der Waals surface area (Å²) in [4.78, 5) is 36.1. The van der Waals surface area contributed by atoms with Crippen molar-refractivity contribution in [3.8, 4) is 0 Å². The van der Waals surface area contributed by atoms with Gasteiger partial charge in [0.25, 0.3) is 0 Å². The maximum absolute atomic E-state index is 12.0. The third-order valence-electron chi connectivity index (χ3n) is 3.08. The molecule has 1 aliphatic rings. The number of carbonyl (C=O) groups excluding carboxylic acids is 3. The maximum Gasteiger partial charge on any atom is 0.330 e. The Labute approximate surface area is 131 Å². The van der Waals surface area contributed by atoms with Gasteiger partial charge in [-0.15, -0.1) is 11.8 Å². The molecule has 2 atom stereocenters. The first-order valence-electron chi connectivity index (χ1n) is 6.59. The molecular weight excluding hydrogens is 308 g/mol. The molecule has 0 saturated carbocycles. The number of esters is 1. The van der Waals surface area contributed by atoms with Crippen LogP contribution in [-0.4, -0.2) is 47.9 Å². The number of hydrogen-bond donors (Lipinski definition) is 3. The molecule has 0 unspecified atom stereocenters. The lowest BCUT2D eigenvalue weighted by molar-refractivity contribution is -0.146. The van der Waals surface area contributed by atoms with Crippen LogP contribution in [0.2, 0.25) is 0 Å². The van der Waals surface area contributed by atoms with E-state index in [1.54, 1.807) is 6.07 Å². The van der Waals surface area contributed by atoms with Gasteiger partial charge in [0.2, 0.25) is 11.8 Å². The highest BCUT2D eigenvalue weighted by atomic mass is 32.2. The SMILES string of the molecule is COC(=O)[C@@H](CO)NC(=O)C[C@H]1Sc2ccccc2NC1=O. The highest BCUT2D eigenvalue weighted by molar-refractivity contribution is 8.01. The lowest BCUT2D eigenvalue weighted by atomic mass is 10.2. The number of amides is 2. The maximum atomic E-state index is 12.0. The number of hydrogen-bond acceptors (Lipinski definition) is 6. The van der Waals surface area contributed by atoms with Crippen molar-refractivity contribution in [1.82, 2.24) is 5.32 Å². The fraction of sp³-hybridized carbons (Fsp3) is 0.357. The number of rotatable bonds is 5. The van der Waals surface area contributed by atoms with E-state index in [9.17, 15) is 14.4 Å².